The Morgan fingerprint density at radius 2 is 1.89 bits per heavy atom. The Morgan fingerprint density at radius 3 is 2.54 bits per heavy atom. The Bertz CT molecular complexity index is 714. The summed E-state index contributed by atoms with van der Waals surface area (Å²) in [6.07, 6.45) is 1.86. The Hall–Kier alpha value is -2.41. The van der Waals surface area contributed by atoms with Crippen LogP contribution in [0.25, 0.3) is 0 Å². The molecule has 7 heteroatoms. The molecule has 1 aromatic carbocycles. The van der Waals surface area contributed by atoms with Crippen LogP contribution in [0.3, 0.4) is 0 Å². The monoisotopic (exact) mass is 387 g/mol. The van der Waals surface area contributed by atoms with Crippen molar-refractivity contribution >= 4 is 17.8 Å². The van der Waals surface area contributed by atoms with E-state index in [0.717, 1.165) is 25.1 Å². The highest BCUT2D eigenvalue weighted by molar-refractivity contribution is 6.01. The second-order valence-electron chi connectivity index (χ2n) is 7.70. The quantitative estimate of drug-likeness (QED) is 0.745. The third-order valence-electron chi connectivity index (χ3n) is 5.68. The Balaban J connectivity index is 1.66. The molecule has 0 aromatic heterocycles. The van der Waals surface area contributed by atoms with Crippen LogP contribution in [0, 0.1) is 0 Å². The van der Waals surface area contributed by atoms with E-state index in [1.165, 1.54) is 0 Å². The van der Waals surface area contributed by atoms with Crippen LogP contribution in [0.4, 0.5) is 0 Å². The third kappa shape index (κ3) is 4.19. The van der Waals surface area contributed by atoms with E-state index in [1.54, 1.807) is 4.90 Å². The molecule has 3 rings (SSSR count). The van der Waals surface area contributed by atoms with E-state index < -0.39 is 17.6 Å². The number of ether oxygens (including phenoxy) is 1. The SMILES string of the molecule is CCCN1C(=O)C(CC(=O)OCc2ccccc2)NC(=O)C12CCN(C)CC2. The Labute approximate surface area is 166 Å². The van der Waals surface area contributed by atoms with Gasteiger partial charge in [-0.15, -0.1) is 0 Å². The number of carbonyl (C=O) groups excluding carboxylic acids is 3. The topological polar surface area (TPSA) is 79.0 Å². The van der Waals surface area contributed by atoms with Crippen molar-refractivity contribution in [2.75, 3.05) is 26.7 Å². The molecule has 0 aliphatic carbocycles. The van der Waals surface area contributed by atoms with Crippen molar-refractivity contribution in [2.45, 2.75) is 50.8 Å². The molecule has 28 heavy (non-hydrogen) atoms. The second-order valence-corrected chi connectivity index (χ2v) is 7.70. The molecule has 7 nitrogen and oxygen atoms in total. The summed E-state index contributed by atoms with van der Waals surface area (Å²) in [5.41, 5.74) is 0.0945. The standard InChI is InChI=1S/C21H29N3O4/c1-3-11-24-19(26)17(14-18(25)28-15-16-7-5-4-6-8-16)22-20(27)21(24)9-12-23(2)13-10-21/h4-8,17H,3,9-15H2,1-2H3,(H,22,27). The fraction of sp³-hybridized carbons (Fsp3) is 0.571. The maximum atomic E-state index is 13.1. The van der Waals surface area contributed by atoms with E-state index in [4.69, 9.17) is 4.74 Å². The number of esters is 1. The summed E-state index contributed by atoms with van der Waals surface area (Å²) in [7, 11) is 2.02. The number of nitrogens with one attached hydrogen (secondary N) is 1. The van der Waals surface area contributed by atoms with Gasteiger partial charge in [0.15, 0.2) is 0 Å². The van der Waals surface area contributed by atoms with Gasteiger partial charge >= 0.3 is 5.97 Å². The summed E-state index contributed by atoms with van der Waals surface area (Å²) in [6, 6.07) is 8.52. The van der Waals surface area contributed by atoms with Crippen LogP contribution in [0.15, 0.2) is 30.3 Å². The number of likely N-dealkylation sites (tertiary alicyclic amines) is 1. The molecule has 1 N–H and O–H groups in total. The molecule has 1 spiro atoms. The van der Waals surface area contributed by atoms with Gasteiger partial charge in [-0.1, -0.05) is 37.3 Å². The minimum absolute atomic E-state index is 0.144. The van der Waals surface area contributed by atoms with E-state index in [2.05, 4.69) is 10.2 Å². The number of amides is 2. The molecule has 0 saturated carbocycles. The van der Waals surface area contributed by atoms with Gasteiger partial charge in [-0.3, -0.25) is 14.4 Å². The predicted octanol–water partition coefficient (Wildman–Crippen LogP) is 1.32. The average molecular weight is 387 g/mol. The molecule has 2 amide bonds. The molecule has 2 heterocycles. The number of nitrogens with zero attached hydrogens (tertiary/aromatic N) is 2. The van der Waals surface area contributed by atoms with Gasteiger partial charge in [0.25, 0.3) is 0 Å². The molecule has 2 aliphatic heterocycles. The molecular weight excluding hydrogens is 358 g/mol. The molecule has 1 unspecified atom stereocenters. The zero-order valence-electron chi connectivity index (χ0n) is 16.6. The van der Waals surface area contributed by atoms with Crippen LogP contribution in [0.2, 0.25) is 0 Å². The number of piperidine rings is 1. The lowest BCUT2D eigenvalue weighted by Gasteiger charge is -2.51. The summed E-state index contributed by atoms with van der Waals surface area (Å²) in [5.74, 6) is -0.810. The van der Waals surface area contributed by atoms with E-state index in [0.29, 0.717) is 19.4 Å². The van der Waals surface area contributed by atoms with Crippen LogP contribution in [-0.2, 0) is 25.7 Å². The van der Waals surface area contributed by atoms with Crippen LogP contribution in [0.1, 0.15) is 38.2 Å². The van der Waals surface area contributed by atoms with Crippen molar-refractivity contribution in [1.29, 1.82) is 0 Å². The first-order chi connectivity index (χ1) is 13.5. The van der Waals surface area contributed by atoms with Gasteiger partial charge in [-0.2, -0.15) is 0 Å². The first-order valence-corrected chi connectivity index (χ1v) is 9.97. The zero-order chi connectivity index (χ0) is 20.1. The molecule has 0 radical (unpaired) electrons. The summed E-state index contributed by atoms with van der Waals surface area (Å²) in [6.45, 7) is 4.20. The maximum absolute atomic E-state index is 13.1. The highest BCUT2D eigenvalue weighted by Gasteiger charge is 2.53. The lowest BCUT2D eigenvalue weighted by atomic mass is 9.81. The molecule has 1 aromatic rings. The number of piperazine rings is 1. The maximum Gasteiger partial charge on any atom is 0.308 e. The van der Waals surface area contributed by atoms with Crippen molar-refractivity contribution in [2.24, 2.45) is 0 Å². The third-order valence-corrected chi connectivity index (χ3v) is 5.68. The smallest absolute Gasteiger partial charge is 0.308 e. The number of benzene rings is 1. The summed E-state index contributed by atoms with van der Waals surface area (Å²) >= 11 is 0. The van der Waals surface area contributed by atoms with E-state index >= 15 is 0 Å². The van der Waals surface area contributed by atoms with Gasteiger partial charge in [-0.25, -0.2) is 0 Å². The summed E-state index contributed by atoms with van der Waals surface area (Å²) in [5, 5.41) is 2.81. The first kappa shape index (κ1) is 20.3. The van der Waals surface area contributed by atoms with E-state index in [-0.39, 0.29) is 24.8 Å². The minimum atomic E-state index is -0.854. The molecule has 2 saturated heterocycles. The number of hydrogen-bond acceptors (Lipinski definition) is 5. The molecule has 2 aliphatic rings. The average Bonchev–Trinajstić information content (AvgIpc) is 2.70. The summed E-state index contributed by atoms with van der Waals surface area (Å²) in [4.78, 5) is 42.3. The highest BCUT2D eigenvalue weighted by Crippen LogP contribution is 2.33. The van der Waals surface area contributed by atoms with Gasteiger partial charge in [0.05, 0.1) is 6.42 Å². The Kier molecular flexibility index (Phi) is 6.34. The molecule has 2 fully saturated rings. The number of rotatable bonds is 6. The van der Waals surface area contributed by atoms with Crippen LogP contribution in [-0.4, -0.2) is 65.8 Å². The number of hydrogen-bond donors (Lipinski definition) is 1. The van der Waals surface area contributed by atoms with Crippen molar-refractivity contribution < 1.29 is 19.1 Å². The van der Waals surface area contributed by atoms with Crippen LogP contribution >= 0.6 is 0 Å². The summed E-state index contributed by atoms with van der Waals surface area (Å²) < 4.78 is 5.29. The van der Waals surface area contributed by atoms with Gasteiger partial charge in [-0.05, 0) is 31.9 Å². The van der Waals surface area contributed by atoms with Gasteiger partial charge in [0, 0.05) is 19.6 Å². The molecular formula is C21H29N3O4. The van der Waals surface area contributed by atoms with Crippen molar-refractivity contribution in [3.63, 3.8) is 0 Å². The Morgan fingerprint density at radius 1 is 1.21 bits per heavy atom. The van der Waals surface area contributed by atoms with Crippen molar-refractivity contribution in [1.82, 2.24) is 15.1 Å². The largest absolute Gasteiger partial charge is 0.461 e. The van der Waals surface area contributed by atoms with Crippen molar-refractivity contribution in [3.8, 4) is 0 Å². The van der Waals surface area contributed by atoms with E-state index in [9.17, 15) is 14.4 Å². The zero-order valence-corrected chi connectivity index (χ0v) is 16.6. The minimum Gasteiger partial charge on any atom is -0.461 e. The second kappa shape index (κ2) is 8.73. The highest BCUT2D eigenvalue weighted by atomic mass is 16.5. The van der Waals surface area contributed by atoms with Crippen LogP contribution < -0.4 is 5.32 Å². The first-order valence-electron chi connectivity index (χ1n) is 9.97. The van der Waals surface area contributed by atoms with E-state index in [1.807, 2.05) is 44.3 Å². The molecule has 1 atom stereocenters. The lowest BCUT2D eigenvalue weighted by molar-refractivity contribution is -0.163. The lowest BCUT2D eigenvalue weighted by Crippen LogP contribution is -2.73. The van der Waals surface area contributed by atoms with Gasteiger partial charge in [0.1, 0.15) is 18.2 Å². The number of carbonyl (C=O) groups is 3. The predicted molar refractivity (Wildman–Crippen MR) is 104 cm³/mol. The fourth-order valence-corrected chi connectivity index (χ4v) is 4.01. The normalized spacial score (nSPS) is 22.2. The van der Waals surface area contributed by atoms with Crippen LogP contribution in [0.5, 0.6) is 0 Å². The van der Waals surface area contributed by atoms with Gasteiger partial charge < -0.3 is 19.9 Å². The molecule has 0 bridgehead atoms. The van der Waals surface area contributed by atoms with Gasteiger partial charge in [0.2, 0.25) is 11.8 Å². The fourth-order valence-electron chi connectivity index (χ4n) is 4.01. The molecule has 152 valence electrons. The van der Waals surface area contributed by atoms with Crippen molar-refractivity contribution in [3.05, 3.63) is 35.9 Å².